The molecule has 0 fully saturated rings. The molecule has 1 N–H and O–H groups in total. The Bertz CT molecular complexity index is 910. The average molecular weight is 333 g/mol. The minimum absolute atomic E-state index is 0.0749. The highest BCUT2D eigenvalue weighted by atomic mass is 16.1. The third kappa shape index (κ3) is 3.48. The van der Waals surface area contributed by atoms with Crippen molar-refractivity contribution in [2.75, 3.05) is 5.32 Å². The summed E-state index contributed by atoms with van der Waals surface area (Å²) in [6, 6.07) is 13.8. The van der Waals surface area contributed by atoms with Gasteiger partial charge in [-0.25, -0.2) is 0 Å². The van der Waals surface area contributed by atoms with E-state index in [4.69, 9.17) is 0 Å². The van der Waals surface area contributed by atoms with Gasteiger partial charge in [-0.2, -0.15) is 0 Å². The lowest BCUT2D eigenvalue weighted by Gasteiger charge is -2.11. The molecule has 3 rings (SSSR count). The molecule has 0 unspecified atom stereocenters. The highest BCUT2D eigenvalue weighted by molar-refractivity contribution is 6.05. The first-order valence-corrected chi connectivity index (χ1v) is 8.41. The molecule has 0 aliphatic carbocycles. The zero-order valence-electron chi connectivity index (χ0n) is 15.1. The number of benzene rings is 1. The van der Waals surface area contributed by atoms with Crippen LogP contribution in [-0.4, -0.2) is 15.5 Å². The second kappa shape index (κ2) is 6.93. The maximum Gasteiger partial charge on any atom is 0.257 e. The summed E-state index contributed by atoms with van der Waals surface area (Å²) in [5, 5.41) is 3.04. The van der Waals surface area contributed by atoms with Crippen LogP contribution in [0.15, 0.2) is 48.7 Å². The second-order valence-electron chi connectivity index (χ2n) is 6.39. The van der Waals surface area contributed by atoms with Crippen LogP contribution in [0.25, 0.3) is 0 Å². The smallest absolute Gasteiger partial charge is 0.257 e. The molecule has 4 heteroatoms. The molecule has 2 heterocycles. The van der Waals surface area contributed by atoms with Gasteiger partial charge in [0.1, 0.15) is 0 Å². The quantitative estimate of drug-likeness (QED) is 0.768. The van der Waals surface area contributed by atoms with Crippen LogP contribution >= 0.6 is 0 Å². The summed E-state index contributed by atoms with van der Waals surface area (Å²) in [4.78, 5) is 17.2. The van der Waals surface area contributed by atoms with Crippen LogP contribution in [0, 0.1) is 27.7 Å². The summed E-state index contributed by atoms with van der Waals surface area (Å²) < 4.78 is 2.13. The number of nitrogens with zero attached hydrogens (tertiary/aromatic N) is 2. The van der Waals surface area contributed by atoms with E-state index in [0.717, 1.165) is 28.3 Å². The Morgan fingerprint density at radius 1 is 1.08 bits per heavy atom. The van der Waals surface area contributed by atoms with Crippen LogP contribution in [-0.2, 0) is 6.54 Å². The van der Waals surface area contributed by atoms with Crippen LogP contribution in [0.3, 0.4) is 0 Å². The summed E-state index contributed by atoms with van der Waals surface area (Å²) in [6.45, 7) is 8.73. The van der Waals surface area contributed by atoms with E-state index in [2.05, 4.69) is 14.9 Å². The maximum atomic E-state index is 12.8. The molecule has 0 radical (unpaired) electrons. The van der Waals surface area contributed by atoms with E-state index in [1.54, 1.807) is 6.20 Å². The van der Waals surface area contributed by atoms with Crippen molar-refractivity contribution in [1.29, 1.82) is 0 Å². The molecule has 128 valence electrons. The number of rotatable bonds is 4. The predicted molar refractivity (Wildman–Crippen MR) is 101 cm³/mol. The molecule has 0 bridgehead atoms. The maximum absolute atomic E-state index is 12.8. The van der Waals surface area contributed by atoms with Gasteiger partial charge in [0.25, 0.3) is 5.91 Å². The molecular formula is C21H23N3O. The lowest BCUT2D eigenvalue weighted by molar-refractivity contribution is 0.102. The molecule has 0 aliphatic heterocycles. The molecule has 1 amide bonds. The number of nitrogens with one attached hydrogen (secondary N) is 1. The van der Waals surface area contributed by atoms with E-state index in [0.29, 0.717) is 12.1 Å². The number of amides is 1. The van der Waals surface area contributed by atoms with Crippen molar-refractivity contribution in [1.82, 2.24) is 9.55 Å². The molecule has 0 aliphatic rings. The first kappa shape index (κ1) is 17.0. The molecule has 0 saturated carbocycles. The third-order valence-corrected chi connectivity index (χ3v) is 4.72. The van der Waals surface area contributed by atoms with Gasteiger partial charge in [0, 0.05) is 23.3 Å². The van der Waals surface area contributed by atoms with Crippen molar-refractivity contribution in [2.24, 2.45) is 0 Å². The van der Waals surface area contributed by atoms with Crippen molar-refractivity contribution in [3.63, 3.8) is 0 Å². The molecule has 2 aromatic heterocycles. The largest absolute Gasteiger partial charge is 0.342 e. The summed E-state index contributed by atoms with van der Waals surface area (Å²) in [7, 11) is 0. The molecular weight excluding hydrogens is 310 g/mol. The number of pyridine rings is 1. The van der Waals surface area contributed by atoms with Crippen LogP contribution in [0.2, 0.25) is 0 Å². The molecule has 1 aromatic carbocycles. The zero-order valence-corrected chi connectivity index (χ0v) is 15.1. The van der Waals surface area contributed by atoms with Gasteiger partial charge in [-0.3, -0.25) is 9.78 Å². The van der Waals surface area contributed by atoms with Crippen LogP contribution in [0.5, 0.6) is 0 Å². The Balaban J connectivity index is 1.87. The van der Waals surface area contributed by atoms with Crippen molar-refractivity contribution >= 4 is 11.6 Å². The lowest BCUT2D eigenvalue weighted by Crippen LogP contribution is -2.14. The number of aryl methyl sites for hydroxylation is 2. The molecule has 0 spiro atoms. The normalized spacial score (nSPS) is 10.7. The monoisotopic (exact) mass is 333 g/mol. The van der Waals surface area contributed by atoms with E-state index in [-0.39, 0.29) is 5.91 Å². The number of carbonyl (C=O) groups excluding carboxylic acids is 1. The summed E-state index contributed by atoms with van der Waals surface area (Å²) in [5.41, 5.74) is 6.80. The second-order valence-corrected chi connectivity index (χ2v) is 6.39. The van der Waals surface area contributed by atoms with Crippen LogP contribution in [0.1, 0.15) is 38.6 Å². The van der Waals surface area contributed by atoms with E-state index < -0.39 is 0 Å². The van der Waals surface area contributed by atoms with Gasteiger partial charge in [-0.05, 0) is 63.1 Å². The van der Waals surface area contributed by atoms with Crippen molar-refractivity contribution in [3.05, 3.63) is 82.4 Å². The first-order chi connectivity index (χ1) is 12.0. The molecule has 3 aromatic rings. The molecule has 4 nitrogen and oxygen atoms in total. The fourth-order valence-corrected chi connectivity index (χ4v) is 3.00. The number of carbonyl (C=O) groups is 1. The molecule has 25 heavy (non-hydrogen) atoms. The number of anilines is 1. The first-order valence-electron chi connectivity index (χ1n) is 8.41. The highest BCUT2D eigenvalue weighted by Crippen LogP contribution is 2.21. The van der Waals surface area contributed by atoms with Crippen LogP contribution < -0.4 is 5.32 Å². The van der Waals surface area contributed by atoms with Gasteiger partial charge in [0.15, 0.2) is 0 Å². The zero-order chi connectivity index (χ0) is 18.0. The fourth-order valence-electron chi connectivity index (χ4n) is 3.00. The fraction of sp³-hybridized carbons (Fsp3) is 0.238. The summed E-state index contributed by atoms with van der Waals surface area (Å²) in [5.74, 6) is -0.0749. The van der Waals surface area contributed by atoms with Gasteiger partial charge in [0.05, 0.1) is 17.8 Å². The van der Waals surface area contributed by atoms with Crippen molar-refractivity contribution in [2.45, 2.75) is 34.2 Å². The Hall–Kier alpha value is -2.88. The number of hydrogen-bond acceptors (Lipinski definition) is 2. The number of hydrogen-bond donors (Lipinski definition) is 1. The Kier molecular flexibility index (Phi) is 4.70. The minimum Gasteiger partial charge on any atom is -0.342 e. The van der Waals surface area contributed by atoms with Gasteiger partial charge in [-0.15, -0.1) is 0 Å². The number of aromatic nitrogens is 2. The van der Waals surface area contributed by atoms with E-state index in [9.17, 15) is 4.79 Å². The van der Waals surface area contributed by atoms with E-state index in [1.165, 1.54) is 5.56 Å². The molecule has 0 saturated heterocycles. The molecule has 0 atom stereocenters. The SMILES string of the molecule is Cc1cccc(NC(=O)c2cc(C)n(Cc3ccccn3)c2C)c1C. The lowest BCUT2D eigenvalue weighted by atomic mass is 10.1. The van der Waals surface area contributed by atoms with Gasteiger partial charge < -0.3 is 9.88 Å². The average Bonchev–Trinajstić information content (AvgIpc) is 2.88. The van der Waals surface area contributed by atoms with Gasteiger partial charge >= 0.3 is 0 Å². The summed E-state index contributed by atoms with van der Waals surface area (Å²) >= 11 is 0. The topological polar surface area (TPSA) is 46.9 Å². The van der Waals surface area contributed by atoms with Gasteiger partial charge in [0.2, 0.25) is 0 Å². The Labute approximate surface area is 148 Å². The standard InChI is InChI=1S/C21H23N3O/c1-14-8-7-10-20(16(14)3)23-21(25)19-12-15(2)24(17(19)4)13-18-9-5-6-11-22-18/h5-12H,13H2,1-4H3,(H,23,25). The summed E-state index contributed by atoms with van der Waals surface area (Å²) in [6.07, 6.45) is 1.79. The van der Waals surface area contributed by atoms with Crippen molar-refractivity contribution < 1.29 is 4.79 Å². The predicted octanol–water partition coefficient (Wildman–Crippen LogP) is 4.42. The van der Waals surface area contributed by atoms with E-state index in [1.807, 2.05) is 70.2 Å². The highest BCUT2D eigenvalue weighted by Gasteiger charge is 2.17. The Morgan fingerprint density at radius 2 is 1.88 bits per heavy atom. The van der Waals surface area contributed by atoms with Crippen LogP contribution in [0.4, 0.5) is 5.69 Å². The van der Waals surface area contributed by atoms with Crippen molar-refractivity contribution in [3.8, 4) is 0 Å². The van der Waals surface area contributed by atoms with Gasteiger partial charge in [-0.1, -0.05) is 18.2 Å². The Morgan fingerprint density at radius 3 is 2.60 bits per heavy atom. The third-order valence-electron chi connectivity index (χ3n) is 4.72. The minimum atomic E-state index is -0.0749. The van der Waals surface area contributed by atoms with E-state index >= 15 is 0 Å².